The summed E-state index contributed by atoms with van der Waals surface area (Å²) in [5, 5.41) is 19.7. The summed E-state index contributed by atoms with van der Waals surface area (Å²) in [4.78, 5) is 29.5. The number of hydrogen-bond acceptors (Lipinski definition) is 12. The molecule has 1 N–H and O–H groups in total. The maximum Gasteiger partial charge on any atom is 0.225 e. The van der Waals surface area contributed by atoms with Gasteiger partial charge in [0.1, 0.15) is 11.4 Å². The van der Waals surface area contributed by atoms with Crippen LogP contribution in [0.2, 0.25) is 0 Å². The lowest BCUT2D eigenvalue weighted by Gasteiger charge is -2.35. The Labute approximate surface area is 359 Å². The second kappa shape index (κ2) is 20.2. The van der Waals surface area contributed by atoms with Crippen LogP contribution in [-0.4, -0.2) is 110 Å². The fourth-order valence-corrected chi connectivity index (χ4v) is 7.50. The van der Waals surface area contributed by atoms with Crippen molar-refractivity contribution in [2.45, 2.75) is 22.3 Å². The van der Waals surface area contributed by atoms with Crippen molar-refractivity contribution in [3.63, 3.8) is 0 Å². The Kier molecular flexibility index (Phi) is 14.4. The van der Waals surface area contributed by atoms with Crippen molar-refractivity contribution < 1.29 is 0 Å². The van der Waals surface area contributed by atoms with Gasteiger partial charge in [-0.25, -0.2) is 9.97 Å². The number of likely N-dealkylation sites (N-methyl/N-ethyl adjacent to an activating group) is 1. The molecule has 0 radical (unpaired) electrons. The van der Waals surface area contributed by atoms with Gasteiger partial charge in [0.2, 0.25) is 5.95 Å². The van der Waals surface area contributed by atoms with E-state index < -0.39 is 0 Å². The summed E-state index contributed by atoms with van der Waals surface area (Å²) in [6, 6.07) is 32.8. The molecule has 10 rings (SSSR count). The summed E-state index contributed by atoms with van der Waals surface area (Å²) in [7, 11) is 2.16. The van der Waals surface area contributed by atoms with Crippen molar-refractivity contribution in [1.29, 1.82) is 0 Å². The maximum atomic E-state index is 4.71. The standard InChI is InChI=1S/C23H21N7.C22H22N6.3CH4/c1-2-5-19(6-3-1)22-20(18-7-11-24-12-8-18)17-21(27-28-22)29-13-15-30(16-14-29)23-25-9-4-10-26-23;1-27-11-13-28(14-12-27)21-15-19(16-5-8-23-9-6-16)22(26-25-21)18-3-2-4-20-17(18)7-10-24-20;;;/h1-12,17H,13-16H2;2-10,15,24H,11-14H2,1H3;3*1H4. The number of rotatable bonds is 7. The number of hydrogen-bond donors (Lipinski definition) is 1. The van der Waals surface area contributed by atoms with Crippen LogP contribution in [0.4, 0.5) is 17.6 Å². The molecule has 2 saturated heterocycles. The lowest BCUT2D eigenvalue weighted by molar-refractivity contribution is 0.312. The second-order valence-electron chi connectivity index (χ2n) is 14.3. The van der Waals surface area contributed by atoms with E-state index in [1.54, 1.807) is 12.4 Å². The Bertz CT molecular complexity index is 2550. The predicted molar refractivity (Wildman–Crippen MR) is 250 cm³/mol. The van der Waals surface area contributed by atoms with Crippen LogP contribution < -0.4 is 14.7 Å². The van der Waals surface area contributed by atoms with E-state index in [-0.39, 0.29) is 22.3 Å². The largest absolute Gasteiger partial charge is 0.361 e. The summed E-state index contributed by atoms with van der Waals surface area (Å²) in [6.07, 6.45) is 12.8. The van der Waals surface area contributed by atoms with E-state index in [1.807, 2.05) is 79.5 Å². The van der Waals surface area contributed by atoms with E-state index in [1.165, 1.54) is 0 Å². The molecule has 0 aliphatic carbocycles. The molecular formula is C48H55N13. The van der Waals surface area contributed by atoms with Gasteiger partial charge in [0.25, 0.3) is 0 Å². The minimum Gasteiger partial charge on any atom is -0.361 e. The topological polar surface area (TPSA) is 132 Å². The minimum absolute atomic E-state index is 0. The molecular weight excluding hydrogens is 759 g/mol. The first kappa shape index (κ1) is 43.5. The molecule has 0 atom stereocenters. The summed E-state index contributed by atoms with van der Waals surface area (Å²) in [5.41, 5.74) is 9.33. The summed E-state index contributed by atoms with van der Waals surface area (Å²) >= 11 is 0. The van der Waals surface area contributed by atoms with Gasteiger partial charge in [-0.05, 0) is 72.8 Å². The van der Waals surface area contributed by atoms with Crippen LogP contribution in [0.1, 0.15) is 22.3 Å². The Balaban J connectivity index is 0.000000195. The first-order valence-corrected chi connectivity index (χ1v) is 19.6. The molecule has 13 nitrogen and oxygen atoms in total. The Morgan fingerprint density at radius 2 is 1.00 bits per heavy atom. The fraction of sp³-hybridized carbons (Fsp3) is 0.250. The van der Waals surface area contributed by atoms with Gasteiger partial charge < -0.3 is 24.6 Å². The molecule has 2 aromatic carbocycles. The molecule has 0 spiro atoms. The molecule has 13 heteroatoms. The highest BCUT2D eigenvalue weighted by Gasteiger charge is 2.23. The number of H-pyrrole nitrogens is 1. The Morgan fingerprint density at radius 3 is 1.61 bits per heavy atom. The zero-order chi connectivity index (χ0) is 39.1. The number of anilines is 3. The highest BCUT2D eigenvalue weighted by molar-refractivity contribution is 5.98. The van der Waals surface area contributed by atoms with Gasteiger partial charge in [0.15, 0.2) is 11.6 Å². The first-order chi connectivity index (χ1) is 28.7. The number of benzene rings is 2. The van der Waals surface area contributed by atoms with Gasteiger partial charge in [-0.15, -0.1) is 20.4 Å². The Hall–Kier alpha value is -7.12. The highest BCUT2D eigenvalue weighted by Crippen LogP contribution is 2.36. The van der Waals surface area contributed by atoms with E-state index in [4.69, 9.17) is 5.10 Å². The maximum absolute atomic E-state index is 4.71. The first-order valence-electron chi connectivity index (χ1n) is 19.6. The third-order valence-corrected chi connectivity index (χ3v) is 10.7. The lowest BCUT2D eigenvalue weighted by Crippen LogP contribution is -2.47. The van der Waals surface area contributed by atoms with E-state index in [0.717, 1.165) is 126 Å². The molecule has 0 amide bonds. The van der Waals surface area contributed by atoms with Gasteiger partial charge in [-0.3, -0.25) is 9.97 Å². The lowest BCUT2D eigenvalue weighted by atomic mass is 9.98. The molecule has 61 heavy (non-hydrogen) atoms. The van der Waals surface area contributed by atoms with Crippen LogP contribution in [0, 0.1) is 0 Å². The van der Waals surface area contributed by atoms with Gasteiger partial charge in [-0.2, -0.15) is 0 Å². The van der Waals surface area contributed by atoms with Gasteiger partial charge in [0.05, 0.1) is 0 Å². The molecule has 2 aliphatic heterocycles. The normalized spacial score (nSPS) is 13.9. The molecule has 312 valence electrons. The van der Waals surface area contributed by atoms with E-state index in [0.29, 0.717) is 0 Å². The van der Waals surface area contributed by atoms with E-state index >= 15 is 0 Å². The molecule has 0 bridgehead atoms. The predicted octanol–water partition coefficient (Wildman–Crippen LogP) is 8.67. The molecule has 0 unspecified atom stereocenters. The molecule has 2 aliphatic rings. The minimum atomic E-state index is 0. The summed E-state index contributed by atoms with van der Waals surface area (Å²) < 4.78 is 0. The number of aromatic amines is 1. The van der Waals surface area contributed by atoms with Crippen molar-refractivity contribution in [3.8, 4) is 44.8 Å². The van der Waals surface area contributed by atoms with E-state index in [2.05, 4.69) is 115 Å². The van der Waals surface area contributed by atoms with Crippen LogP contribution >= 0.6 is 0 Å². The van der Waals surface area contributed by atoms with Crippen molar-refractivity contribution in [3.05, 3.63) is 140 Å². The number of aromatic nitrogens is 9. The number of pyridine rings is 2. The number of nitrogens with one attached hydrogen (secondary N) is 1. The average Bonchev–Trinajstić information content (AvgIpc) is 3.80. The molecule has 2 fully saturated rings. The molecule has 8 aromatic rings. The number of nitrogens with zero attached hydrogens (tertiary/aromatic N) is 12. The van der Waals surface area contributed by atoms with Crippen molar-refractivity contribution >= 4 is 28.5 Å². The smallest absolute Gasteiger partial charge is 0.225 e. The van der Waals surface area contributed by atoms with Gasteiger partial charge in [0, 0.05) is 129 Å². The molecule has 0 saturated carbocycles. The van der Waals surface area contributed by atoms with Crippen LogP contribution in [-0.2, 0) is 0 Å². The van der Waals surface area contributed by atoms with Gasteiger partial charge in [-0.1, -0.05) is 64.7 Å². The number of fused-ring (bicyclic) bond motifs is 1. The molecule has 8 heterocycles. The van der Waals surface area contributed by atoms with Crippen LogP contribution in [0.5, 0.6) is 0 Å². The summed E-state index contributed by atoms with van der Waals surface area (Å²) in [6.45, 7) is 7.38. The quantitative estimate of drug-likeness (QED) is 0.165. The monoisotopic (exact) mass is 813 g/mol. The van der Waals surface area contributed by atoms with Crippen LogP contribution in [0.3, 0.4) is 0 Å². The molecule has 6 aromatic heterocycles. The third-order valence-electron chi connectivity index (χ3n) is 10.7. The van der Waals surface area contributed by atoms with Gasteiger partial charge >= 0.3 is 0 Å². The Morgan fingerprint density at radius 1 is 0.459 bits per heavy atom. The van der Waals surface area contributed by atoms with E-state index in [9.17, 15) is 0 Å². The summed E-state index contributed by atoms with van der Waals surface area (Å²) in [5.74, 6) is 2.60. The van der Waals surface area contributed by atoms with Crippen molar-refractivity contribution in [2.24, 2.45) is 0 Å². The van der Waals surface area contributed by atoms with Crippen LogP contribution in [0.25, 0.3) is 55.7 Å². The zero-order valence-corrected chi connectivity index (χ0v) is 32.3. The average molecular weight is 814 g/mol. The fourth-order valence-electron chi connectivity index (χ4n) is 7.50. The second-order valence-corrected chi connectivity index (χ2v) is 14.3. The van der Waals surface area contributed by atoms with Crippen molar-refractivity contribution in [1.82, 2.24) is 50.2 Å². The number of piperazine rings is 2. The SMILES string of the molecule is C.C.C.CN1CCN(c2cc(-c3ccncc3)c(-c3cccc4[nH]ccc34)nn2)CC1.c1ccc(-c2nnc(N3CCN(c4ncccn4)CC3)cc2-c2ccncc2)cc1. The van der Waals surface area contributed by atoms with Crippen molar-refractivity contribution in [2.75, 3.05) is 74.1 Å². The zero-order valence-electron chi connectivity index (χ0n) is 32.3. The third kappa shape index (κ3) is 9.69. The van der Waals surface area contributed by atoms with Crippen LogP contribution in [0.15, 0.2) is 140 Å². The highest BCUT2D eigenvalue weighted by atomic mass is 15.3.